The summed E-state index contributed by atoms with van der Waals surface area (Å²) in [7, 11) is 1.58. The molecule has 2 N–H and O–H groups in total. The van der Waals surface area contributed by atoms with E-state index < -0.39 is 0 Å². The molecule has 0 unspecified atom stereocenters. The first-order valence-corrected chi connectivity index (χ1v) is 3.05. The molecule has 1 heterocycles. The number of nitrogens with two attached hydrogens (primary N) is 1. The Kier molecular flexibility index (Phi) is 1.91. The number of aryl methyl sites for hydroxylation is 1. The second kappa shape index (κ2) is 2.70. The number of imidazole rings is 1. The van der Waals surface area contributed by atoms with Crippen LogP contribution in [0.25, 0.3) is 0 Å². The maximum Gasteiger partial charge on any atom is 0.297 e. The third-order valence-corrected chi connectivity index (χ3v) is 1.24. The number of aromatic nitrogens is 2. The van der Waals surface area contributed by atoms with Crippen molar-refractivity contribution < 1.29 is 4.74 Å². The van der Waals surface area contributed by atoms with Crippen molar-refractivity contribution in [1.29, 1.82) is 0 Å². The topological polar surface area (TPSA) is 53.1 Å². The van der Waals surface area contributed by atoms with Crippen LogP contribution in [-0.2, 0) is 6.67 Å². The van der Waals surface area contributed by atoms with Crippen molar-refractivity contribution in [2.75, 3.05) is 7.11 Å². The third-order valence-electron chi connectivity index (χ3n) is 1.24. The van der Waals surface area contributed by atoms with Crippen LogP contribution in [-0.4, -0.2) is 16.7 Å². The van der Waals surface area contributed by atoms with E-state index in [1.54, 1.807) is 11.7 Å². The zero-order chi connectivity index (χ0) is 7.56. The molecule has 10 heavy (non-hydrogen) atoms. The van der Waals surface area contributed by atoms with E-state index in [1.165, 1.54) is 0 Å². The van der Waals surface area contributed by atoms with Gasteiger partial charge in [-0.1, -0.05) is 0 Å². The molecule has 0 saturated heterocycles. The van der Waals surface area contributed by atoms with Crippen LogP contribution in [0.4, 0.5) is 0 Å². The summed E-state index contributed by atoms with van der Waals surface area (Å²) < 4.78 is 6.67. The highest BCUT2D eigenvalue weighted by Crippen LogP contribution is 2.07. The lowest BCUT2D eigenvalue weighted by molar-refractivity contribution is 0.358. The molecule has 0 spiro atoms. The van der Waals surface area contributed by atoms with Crippen molar-refractivity contribution in [2.24, 2.45) is 5.73 Å². The van der Waals surface area contributed by atoms with Crippen molar-refractivity contribution in [1.82, 2.24) is 9.55 Å². The Bertz CT molecular complexity index is 197. The summed E-state index contributed by atoms with van der Waals surface area (Å²) >= 11 is 0. The molecule has 0 radical (unpaired) electrons. The fraction of sp³-hybridized carbons (Fsp3) is 0.500. The average Bonchev–Trinajstić information content (AvgIpc) is 2.30. The predicted octanol–water partition coefficient (Wildman–Crippen LogP) is 0.116. The number of nitrogens with zero attached hydrogens (tertiary/aromatic N) is 2. The lowest BCUT2D eigenvalue weighted by Crippen LogP contribution is -2.07. The minimum atomic E-state index is 0.407. The van der Waals surface area contributed by atoms with Gasteiger partial charge in [0.25, 0.3) is 6.01 Å². The lowest BCUT2D eigenvalue weighted by atomic mass is 10.6. The Labute approximate surface area is 59.6 Å². The molecule has 0 aliphatic rings. The molecule has 1 aromatic rings. The maximum atomic E-state index is 5.38. The minimum absolute atomic E-state index is 0.407. The van der Waals surface area contributed by atoms with Gasteiger partial charge in [-0.3, -0.25) is 4.57 Å². The van der Waals surface area contributed by atoms with E-state index in [0.717, 1.165) is 5.69 Å². The van der Waals surface area contributed by atoms with Gasteiger partial charge in [-0.2, -0.15) is 0 Å². The standard InChI is InChI=1S/C6H11N3O/c1-5-3-9(4-7)6(8-5)10-2/h3H,4,7H2,1-2H3. The SMILES string of the molecule is COc1nc(C)cn1CN. The van der Waals surface area contributed by atoms with Crippen LogP contribution >= 0.6 is 0 Å². The summed E-state index contributed by atoms with van der Waals surface area (Å²) in [6.45, 7) is 2.30. The normalized spacial score (nSPS) is 9.90. The molecule has 1 rings (SSSR count). The van der Waals surface area contributed by atoms with E-state index in [-0.39, 0.29) is 0 Å². The first-order chi connectivity index (χ1) is 4.77. The van der Waals surface area contributed by atoms with Gasteiger partial charge in [0.05, 0.1) is 19.5 Å². The average molecular weight is 141 g/mol. The Morgan fingerprint density at radius 1 is 1.80 bits per heavy atom. The lowest BCUT2D eigenvalue weighted by Gasteiger charge is -1.99. The first-order valence-electron chi connectivity index (χ1n) is 3.05. The summed E-state index contributed by atoms with van der Waals surface area (Å²) in [5.41, 5.74) is 6.30. The van der Waals surface area contributed by atoms with Crippen LogP contribution in [0.15, 0.2) is 6.20 Å². The van der Waals surface area contributed by atoms with Crippen molar-refractivity contribution in [3.63, 3.8) is 0 Å². The van der Waals surface area contributed by atoms with Gasteiger partial charge in [-0.25, -0.2) is 4.98 Å². The largest absolute Gasteiger partial charge is 0.468 e. The zero-order valence-electron chi connectivity index (χ0n) is 6.16. The highest BCUT2D eigenvalue weighted by atomic mass is 16.5. The number of ether oxygens (including phenoxy) is 1. The quantitative estimate of drug-likeness (QED) is 0.636. The van der Waals surface area contributed by atoms with Gasteiger partial charge in [0.1, 0.15) is 0 Å². The van der Waals surface area contributed by atoms with E-state index in [4.69, 9.17) is 10.5 Å². The predicted molar refractivity (Wildman–Crippen MR) is 37.7 cm³/mol. The minimum Gasteiger partial charge on any atom is -0.468 e. The maximum absolute atomic E-state index is 5.38. The highest BCUT2D eigenvalue weighted by Gasteiger charge is 2.01. The molecule has 0 bridgehead atoms. The van der Waals surface area contributed by atoms with Gasteiger partial charge in [0.2, 0.25) is 0 Å². The fourth-order valence-electron chi connectivity index (χ4n) is 0.818. The van der Waals surface area contributed by atoms with E-state index in [9.17, 15) is 0 Å². The molecule has 0 fully saturated rings. The highest BCUT2D eigenvalue weighted by molar-refractivity contribution is 5.06. The summed E-state index contributed by atoms with van der Waals surface area (Å²) in [6, 6.07) is 0.569. The Hall–Kier alpha value is -1.03. The monoisotopic (exact) mass is 141 g/mol. The summed E-state index contributed by atoms with van der Waals surface area (Å²) in [5.74, 6) is 0. The first kappa shape index (κ1) is 7.08. The Morgan fingerprint density at radius 2 is 2.50 bits per heavy atom. The Balaban J connectivity index is 2.96. The van der Waals surface area contributed by atoms with E-state index >= 15 is 0 Å². The molecular weight excluding hydrogens is 130 g/mol. The Morgan fingerprint density at radius 3 is 2.90 bits per heavy atom. The summed E-state index contributed by atoms with van der Waals surface area (Å²) in [6.07, 6.45) is 1.85. The molecule has 0 aliphatic carbocycles. The molecule has 56 valence electrons. The van der Waals surface area contributed by atoms with Crippen LogP contribution in [0.1, 0.15) is 5.69 Å². The molecule has 0 atom stereocenters. The molecule has 0 aliphatic heterocycles. The fourth-order valence-corrected chi connectivity index (χ4v) is 0.818. The van der Waals surface area contributed by atoms with Gasteiger partial charge in [0.15, 0.2) is 0 Å². The van der Waals surface area contributed by atoms with Crippen LogP contribution in [0.3, 0.4) is 0 Å². The van der Waals surface area contributed by atoms with Crippen LogP contribution < -0.4 is 10.5 Å². The summed E-state index contributed by atoms with van der Waals surface area (Å²) in [5, 5.41) is 0. The van der Waals surface area contributed by atoms with Gasteiger partial charge in [-0.05, 0) is 6.92 Å². The van der Waals surface area contributed by atoms with Crippen LogP contribution in [0, 0.1) is 6.92 Å². The van der Waals surface area contributed by atoms with E-state index in [1.807, 2.05) is 13.1 Å². The van der Waals surface area contributed by atoms with Crippen molar-refractivity contribution in [3.05, 3.63) is 11.9 Å². The van der Waals surface area contributed by atoms with Crippen molar-refractivity contribution in [3.8, 4) is 6.01 Å². The molecule has 0 aromatic carbocycles. The van der Waals surface area contributed by atoms with Gasteiger partial charge in [0, 0.05) is 6.20 Å². The number of methoxy groups -OCH3 is 1. The molecule has 4 nitrogen and oxygen atoms in total. The second-order valence-corrected chi connectivity index (χ2v) is 2.02. The zero-order valence-corrected chi connectivity index (χ0v) is 6.16. The van der Waals surface area contributed by atoms with Gasteiger partial charge in [-0.15, -0.1) is 0 Å². The summed E-state index contributed by atoms with van der Waals surface area (Å²) in [4.78, 5) is 4.06. The van der Waals surface area contributed by atoms with Gasteiger partial charge < -0.3 is 10.5 Å². The van der Waals surface area contributed by atoms with E-state index in [2.05, 4.69) is 4.98 Å². The molecule has 1 aromatic heterocycles. The molecule has 0 amide bonds. The van der Waals surface area contributed by atoms with Crippen molar-refractivity contribution >= 4 is 0 Å². The molecule has 0 saturated carbocycles. The number of hydrogen-bond donors (Lipinski definition) is 1. The third kappa shape index (κ3) is 1.11. The van der Waals surface area contributed by atoms with Crippen molar-refractivity contribution in [2.45, 2.75) is 13.6 Å². The number of hydrogen-bond acceptors (Lipinski definition) is 3. The van der Waals surface area contributed by atoms with Crippen LogP contribution in [0.5, 0.6) is 6.01 Å². The number of rotatable bonds is 2. The van der Waals surface area contributed by atoms with Gasteiger partial charge >= 0.3 is 0 Å². The second-order valence-electron chi connectivity index (χ2n) is 2.02. The smallest absolute Gasteiger partial charge is 0.297 e. The molecular formula is C6H11N3O. The molecule has 4 heteroatoms. The van der Waals surface area contributed by atoms with E-state index in [0.29, 0.717) is 12.7 Å². The van der Waals surface area contributed by atoms with Crippen LogP contribution in [0.2, 0.25) is 0 Å².